The van der Waals surface area contributed by atoms with Crippen molar-refractivity contribution >= 4 is 17.0 Å². The first-order chi connectivity index (χ1) is 9.10. The van der Waals surface area contributed by atoms with Crippen LogP contribution in [-0.2, 0) is 6.54 Å². The van der Waals surface area contributed by atoms with Gasteiger partial charge in [0.05, 0.1) is 40.9 Å². The molecule has 0 saturated heterocycles. The third-order valence-corrected chi connectivity index (χ3v) is 3.83. The van der Waals surface area contributed by atoms with Crippen LogP contribution in [0, 0.1) is 6.92 Å². The monoisotopic (exact) mass is 277 g/mol. The van der Waals surface area contributed by atoms with Crippen molar-refractivity contribution in [2.45, 2.75) is 32.9 Å². The molecule has 0 aromatic carbocycles. The minimum Gasteiger partial charge on any atom is -0.387 e. The standard InChI is InChI=1S/C14H19N3OS/c1-4-14(18)13-6-5-12(7-15-13)17(3)8-11-9-19-10(2)16-11/h5-7,9,14,18H,4,8H2,1-3H3. The molecule has 2 rings (SSSR count). The highest BCUT2D eigenvalue weighted by atomic mass is 32.1. The second kappa shape index (κ2) is 6.12. The summed E-state index contributed by atoms with van der Waals surface area (Å²) in [5, 5.41) is 12.9. The van der Waals surface area contributed by atoms with E-state index in [1.165, 1.54) is 0 Å². The number of anilines is 1. The maximum Gasteiger partial charge on any atom is 0.0957 e. The number of hydrogen-bond donors (Lipinski definition) is 1. The molecule has 0 bridgehead atoms. The quantitative estimate of drug-likeness (QED) is 0.913. The van der Waals surface area contributed by atoms with Gasteiger partial charge in [0.15, 0.2) is 0 Å². The SMILES string of the molecule is CCC(O)c1ccc(N(C)Cc2csc(C)n2)cn1. The minimum atomic E-state index is -0.472. The summed E-state index contributed by atoms with van der Waals surface area (Å²) in [6, 6.07) is 3.87. The van der Waals surface area contributed by atoms with E-state index in [1.807, 2.05) is 33.0 Å². The fourth-order valence-electron chi connectivity index (χ4n) is 1.84. The first-order valence-electron chi connectivity index (χ1n) is 6.36. The van der Waals surface area contributed by atoms with Crippen LogP contribution in [0.2, 0.25) is 0 Å². The molecule has 4 nitrogen and oxygen atoms in total. The molecule has 102 valence electrons. The molecule has 0 aliphatic rings. The molecule has 0 fully saturated rings. The van der Waals surface area contributed by atoms with Crippen LogP contribution in [-0.4, -0.2) is 22.1 Å². The molecule has 2 aromatic rings. The zero-order valence-corrected chi connectivity index (χ0v) is 12.3. The van der Waals surface area contributed by atoms with Gasteiger partial charge >= 0.3 is 0 Å². The van der Waals surface area contributed by atoms with Crippen LogP contribution in [0.1, 0.15) is 35.8 Å². The number of thiazole rings is 1. The van der Waals surface area contributed by atoms with Crippen molar-refractivity contribution in [2.24, 2.45) is 0 Å². The van der Waals surface area contributed by atoms with E-state index in [4.69, 9.17) is 0 Å². The molecule has 0 radical (unpaired) electrons. The summed E-state index contributed by atoms with van der Waals surface area (Å²) in [6.07, 6.45) is 2.01. The van der Waals surface area contributed by atoms with Crippen LogP contribution in [0.5, 0.6) is 0 Å². The average Bonchev–Trinajstić information content (AvgIpc) is 2.83. The van der Waals surface area contributed by atoms with Crippen molar-refractivity contribution in [1.82, 2.24) is 9.97 Å². The van der Waals surface area contributed by atoms with E-state index < -0.39 is 6.10 Å². The van der Waals surface area contributed by atoms with E-state index in [2.05, 4.69) is 20.2 Å². The van der Waals surface area contributed by atoms with Gasteiger partial charge in [0.2, 0.25) is 0 Å². The second-order valence-corrected chi connectivity index (χ2v) is 5.64. The Labute approximate surface area is 117 Å². The zero-order valence-electron chi connectivity index (χ0n) is 11.5. The maximum atomic E-state index is 9.71. The summed E-state index contributed by atoms with van der Waals surface area (Å²) in [5.74, 6) is 0. The number of hydrogen-bond acceptors (Lipinski definition) is 5. The van der Waals surface area contributed by atoms with E-state index >= 15 is 0 Å². The fraction of sp³-hybridized carbons (Fsp3) is 0.429. The van der Waals surface area contributed by atoms with Crippen LogP contribution in [0.4, 0.5) is 5.69 Å². The van der Waals surface area contributed by atoms with Crippen LogP contribution in [0.3, 0.4) is 0 Å². The van der Waals surface area contributed by atoms with Gasteiger partial charge in [-0.15, -0.1) is 11.3 Å². The maximum absolute atomic E-state index is 9.71. The smallest absolute Gasteiger partial charge is 0.0957 e. The second-order valence-electron chi connectivity index (χ2n) is 4.58. The summed E-state index contributed by atoms with van der Waals surface area (Å²) in [5.41, 5.74) is 2.82. The normalized spacial score (nSPS) is 12.4. The molecule has 1 N–H and O–H groups in total. The van der Waals surface area contributed by atoms with Crippen molar-refractivity contribution in [2.75, 3.05) is 11.9 Å². The van der Waals surface area contributed by atoms with E-state index in [9.17, 15) is 5.11 Å². The van der Waals surface area contributed by atoms with Crippen molar-refractivity contribution in [1.29, 1.82) is 0 Å². The number of aromatic nitrogens is 2. The Bertz CT molecular complexity index is 524. The Balaban J connectivity index is 2.05. The molecule has 0 aliphatic heterocycles. The molecule has 0 spiro atoms. The summed E-state index contributed by atoms with van der Waals surface area (Å²) in [6.45, 7) is 4.72. The number of aryl methyl sites for hydroxylation is 1. The van der Waals surface area contributed by atoms with Gasteiger partial charge in [0, 0.05) is 12.4 Å². The van der Waals surface area contributed by atoms with Crippen molar-refractivity contribution < 1.29 is 5.11 Å². The summed E-state index contributed by atoms with van der Waals surface area (Å²) < 4.78 is 0. The number of nitrogens with zero attached hydrogens (tertiary/aromatic N) is 3. The first kappa shape index (κ1) is 14.0. The molecule has 0 aliphatic carbocycles. The van der Waals surface area contributed by atoms with Crippen LogP contribution < -0.4 is 4.90 Å². The summed E-state index contributed by atoms with van der Waals surface area (Å²) >= 11 is 1.66. The number of pyridine rings is 1. The van der Waals surface area contributed by atoms with Gasteiger partial charge in [-0.1, -0.05) is 6.92 Å². The largest absolute Gasteiger partial charge is 0.387 e. The average molecular weight is 277 g/mol. The third-order valence-electron chi connectivity index (χ3n) is 3.01. The highest BCUT2D eigenvalue weighted by molar-refractivity contribution is 7.09. The van der Waals surface area contributed by atoms with Crippen LogP contribution in [0.25, 0.3) is 0 Å². The Morgan fingerprint density at radius 2 is 2.21 bits per heavy atom. The predicted octanol–water partition coefficient (Wildman–Crippen LogP) is 2.93. The Morgan fingerprint density at radius 3 is 2.74 bits per heavy atom. The zero-order chi connectivity index (χ0) is 13.8. The molecule has 1 unspecified atom stereocenters. The molecular formula is C14H19N3OS. The van der Waals surface area contributed by atoms with Gasteiger partial charge < -0.3 is 10.0 Å². The van der Waals surface area contributed by atoms with Gasteiger partial charge in [-0.2, -0.15) is 0 Å². The van der Waals surface area contributed by atoms with Crippen molar-refractivity contribution in [3.05, 3.63) is 40.1 Å². The highest BCUT2D eigenvalue weighted by Gasteiger charge is 2.08. The van der Waals surface area contributed by atoms with Crippen molar-refractivity contribution in [3.63, 3.8) is 0 Å². The van der Waals surface area contributed by atoms with Crippen molar-refractivity contribution in [3.8, 4) is 0 Å². The molecule has 19 heavy (non-hydrogen) atoms. The Hall–Kier alpha value is -1.46. The molecule has 2 aromatic heterocycles. The van der Waals surface area contributed by atoms with E-state index in [0.29, 0.717) is 6.42 Å². The highest BCUT2D eigenvalue weighted by Crippen LogP contribution is 2.19. The molecular weight excluding hydrogens is 258 g/mol. The predicted molar refractivity (Wildman–Crippen MR) is 78.4 cm³/mol. The molecule has 0 saturated carbocycles. The van der Waals surface area contributed by atoms with E-state index in [0.717, 1.165) is 28.6 Å². The lowest BCUT2D eigenvalue weighted by molar-refractivity contribution is 0.169. The van der Waals surface area contributed by atoms with Crippen LogP contribution in [0.15, 0.2) is 23.7 Å². The van der Waals surface area contributed by atoms with Crippen LogP contribution >= 0.6 is 11.3 Å². The topological polar surface area (TPSA) is 49.2 Å². The first-order valence-corrected chi connectivity index (χ1v) is 7.24. The molecule has 5 heteroatoms. The van der Waals surface area contributed by atoms with E-state index in [1.54, 1.807) is 17.5 Å². The summed E-state index contributed by atoms with van der Waals surface area (Å²) in [4.78, 5) is 10.9. The molecule has 2 heterocycles. The summed E-state index contributed by atoms with van der Waals surface area (Å²) in [7, 11) is 2.02. The van der Waals surface area contributed by atoms with Gasteiger partial charge in [0.1, 0.15) is 0 Å². The van der Waals surface area contributed by atoms with Gasteiger partial charge in [-0.05, 0) is 25.5 Å². The molecule has 0 amide bonds. The fourth-order valence-corrected chi connectivity index (χ4v) is 2.45. The Morgan fingerprint density at radius 1 is 1.42 bits per heavy atom. The van der Waals surface area contributed by atoms with E-state index in [-0.39, 0.29) is 0 Å². The number of aliphatic hydroxyl groups excluding tert-OH is 1. The lowest BCUT2D eigenvalue weighted by Gasteiger charge is -2.18. The minimum absolute atomic E-state index is 0.472. The Kier molecular flexibility index (Phi) is 4.50. The third kappa shape index (κ3) is 3.52. The number of rotatable bonds is 5. The van der Waals surface area contributed by atoms with Gasteiger partial charge in [-0.3, -0.25) is 4.98 Å². The lowest BCUT2D eigenvalue weighted by Crippen LogP contribution is -2.17. The molecule has 1 atom stereocenters. The van der Waals surface area contributed by atoms with Gasteiger partial charge in [-0.25, -0.2) is 4.98 Å². The van der Waals surface area contributed by atoms with Gasteiger partial charge in [0.25, 0.3) is 0 Å². The number of aliphatic hydroxyl groups is 1. The lowest BCUT2D eigenvalue weighted by atomic mass is 10.2.